The normalized spacial score (nSPS) is 21.3. The van der Waals surface area contributed by atoms with Crippen molar-refractivity contribution >= 4 is 5.91 Å². The zero-order chi connectivity index (χ0) is 23.2. The Kier molecular flexibility index (Phi) is 7.47. The van der Waals surface area contributed by atoms with Crippen LogP contribution in [0.1, 0.15) is 36.8 Å². The number of aliphatic hydroxyl groups is 1. The molecule has 3 atom stereocenters. The van der Waals surface area contributed by atoms with E-state index < -0.39 is 6.29 Å². The van der Waals surface area contributed by atoms with Crippen molar-refractivity contribution in [3.63, 3.8) is 0 Å². The fourth-order valence-electron chi connectivity index (χ4n) is 4.14. The number of aliphatic hydroxyl groups excluding tert-OH is 1. The number of allylic oxidation sites excluding steroid dienone is 1. The summed E-state index contributed by atoms with van der Waals surface area (Å²) in [6.45, 7) is 2.75. The van der Waals surface area contributed by atoms with Gasteiger partial charge in [0.15, 0.2) is 17.3 Å². The van der Waals surface area contributed by atoms with Crippen molar-refractivity contribution in [1.82, 2.24) is 5.32 Å². The molecule has 2 aliphatic heterocycles. The number of hydrogen-bond acceptors (Lipinski definition) is 6. The number of fused-ring (bicyclic) bond motifs is 1. The third-order valence-corrected chi connectivity index (χ3v) is 5.78. The fraction of sp³-hybridized carbons (Fsp3) is 0.400. The molecular weight excluding hydrogens is 429 g/mol. The third-order valence-electron chi connectivity index (χ3n) is 5.78. The quantitative estimate of drug-likeness (QED) is 0.598. The van der Waals surface area contributed by atoms with Gasteiger partial charge in [0, 0.05) is 31.6 Å². The number of carbonyl (C=O) groups excluding carboxylic acids is 1. The molecule has 2 N–H and O–H groups in total. The van der Waals surface area contributed by atoms with Crippen LogP contribution in [-0.2, 0) is 20.8 Å². The van der Waals surface area contributed by atoms with E-state index in [0.717, 1.165) is 11.1 Å². The second-order valence-corrected chi connectivity index (χ2v) is 7.95. The van der Waals surface area contributed by atoms with Gasteiger partial charge in [0.05, 0.1) is 0 Å². The molecule has 2 aromatic rings. The molecule has 0 fully saturated rings. The van der Waals surface area contributed by atoms with Gasteiger partial charge in [-0.25, -0.2) is 4.39 Å². The lowest BCUT2D eigenvalue weighted by molar-refractivity contribution is -0.166. The molecule has 4 rings (SSSR count). The summed E-state index contributed by atoms with van der Waals surface area (Å²) < 4.78 is 36.0. The summed E-state index contributed by atoms with van der Waals surface area (Å²) in [5.41, 5.74) is 1.72. The molecule has 0 aliphatic carbocycles. The van der Waals surface area contributed by atoms with Gasteiger partial charge in [-0.3, -0.25) is 4.79 Å². The number of amides is 1. The molecule has 2 aromatic carbocycles. The average Bonchev–Trinajstić information content (AvgIpc) is 3.30. The highest BCUT2D eigenvalue weighted by atomic mass is 19.1. The second-order valence-electron chi connectivity index (χ2n) is 7.95. The number of benzene rings is 2. The van der Waals surface area contributed by atoms with E-state index in [1.54, 1.807) is 18.2 Å². The van der Waals surface area contributed by atoms with Gasteiger partial charge in [-0.2, -0.15) is 0 Å². The van der Waals surface area contributed by atoms with Gasteiger partial charge in [0.1, 0.15) is 5.82 Å². The number of carbonyl (C=O) groups is 1. The Hall–Kier alpha value is -3.10. The van der Waals surface area contributed by atoms with E-state index in [0.29, 0.717) is 30.9 Å². The predicted molar refractivity (Wildman–Crippen MR) is 118 cm³/mol. The average molecular weight is 457 g/mol. The van der Waals surface area contributed by atoms with E-state index >= 15 is 0 Å². The highest BCUT2D eigenvalue weighted by Gasteiger charge is 2.38. The molecule has 7 nitrogen and oxygen atoms in total. The van der Waals surface area contributed by atoms with Gasteiger partial charge in [-0.15, -0.1) is 0 Å². The summed E-state index contributed by atoms with van der Waals surface area (Å²) in [6, 6.07) is 11.7. The van der Waals surface area contributed by atoms with Gasteiger partial charge in [-0.05, 0) is 61.2 Å². The van der Waals surface area contributed by atoms with E-state index in [1.807, 2.05) is 25.1 Å². The summed E-state index contributed by atoms with van der Waals surface area (Å²) in [5.74, 6) is 0.496. The van der Waals surface area contributed by atoms with Crippen LogP contribution in [0, 0.1) is 11.7 Å². The fourth-order valence-corrected chi connectivity index (χ4v) is 4.14. The van der Waals surface area contributed by atoms with Crippen LogP contribution >= 0.6 is 0 Å². The Labute approximate surface area is 192 Å². The summed E-state index contributed by atoms with van der Waals surface area (Å²) in [6.07, 6.45) is 2.39. The molecule has 0 spiro atoms. The topological polar surface area (TPSA) is 86.3 Å². The standard InChI is InChI=1S/C25H28FNO6/c1-2-30-25-19(4-3-11-28)20(17-7-10-21-22(12-17)32-15-31-21)13-23(33-25)24(29)27-14-16-5-8-18(26)9-6-16/h5-10,12-13,19-20,25,28H,2-4,11,14-15H2,1H3,(H,27,29)/t19-,20-,25-/m1/s1. The SMILES string of the molecule is CCO[C@@H]1OC(C(=O)NCc2ccc(F)cc2)=C[C@H](c2ccc3c(c2)OCO3)[C@H]1CCCO. The maximum Gasteiger partial charge on any atom is 0.286 e. The van der Waals surface area contributed by atoms with Gasteiger partial charge < -0.3 is 29.4 Å². The third kappa shape index (κ3) is 5.46. The van der Waals surface area contributed by atoms with Crippen molar-refractivity contribution in [1.29, 1.82) is 0 Å². The lowest BCUT2D eigenvalue weighted by atomic mass is 9.80. The Morgan fingerprint density at radius 3 is 2.73 bits per heavy atom. The number of nitrogens with one attached hydrogen (secondary N) is 1. The molecule has 0 saturated carbocycles. The molecule has 0 saturated heterocycles. The molecule has 1 amide bonds. The zero-order valence-electron chi connectivity index (χ0n) is 18.5. The molecule has 176 valence electrons. The van der Waals surface area contributed by atoms with Gasteiger partial charge in [-0.1, -0.05) is 18.2 Å². The van der Waals surface area contributed by atoms with Gasteiger partial charge in [0.2, 0.25) is 13.1 Å². The minimum absolute atomic E-state index is 0.0535. The molecule has 0 radical (unpaired) electrons. The Morgan fingerprint density at radius 1 is 1.18 bits per heavy atom. The van der Waals surface area contributed by atoms with Crippen LogP contribution in [0.25, 0.3) is 0 Å². The first kappa shape index (κ1) is 23.1. The van der Waals surface area contributed by atoms with Crippen molar-refractivity contribution in [3.8, 4) is 11.5 Å². The van der Waals surface area contributed by atoms with Gasteiger partial charge in [0.25, 0.3) is 5.91 Å². The van der Waals surface area contributed by atoms with Crippen LogP contribution < -0.4 is 14.8 Å². The monoisotopic (exact) mass is 457 g/mol. The molecule has 0 bridgehead atoms. The first-order chi connectivity index (χ1) is 16.1. The van der Waals surface area contributed by atoms with E-state index in [4.69, 9.17) is 18.9 Å². The lowest BCUT2D eigenvalue weighted by Gasteiger charge is -2.37. The summed E-state index contributed by atoms with van der Waals surface area (Å²) >= 11 is 0. The smallest absolute Gasteiger partial charge is 0.286 e. The van der Waals surface area contributed by atoms with Crippen LogP contribution in [-0.4, -0.2) is 37.3 Å². The van der Waals surface area contributed by atoms with Crippen molar-refractivity contribution in [2.45, 2.75) is 38.5 Å². The van der Waals surface area contributed by atoms with Crippen molar-refractivity contribution in [2.24, 2.45) is 5.92 Å². The van der Waals surface area contributed by atoms with E-state index in [9.17, 15) is 14.3 Å². The second kappa shape index (κ2) is 10.7. The minimum atomic E-state index is -0.645. The number of ether oxygens (including phenoxy) is 4. The maximum atomic E-state index is 13.1. The van der Waals surface area contributed by atoms with E-state index in [-0.39, 0.29) is 49.3 Å². The number of rotatable bonds is 9. The van der Waals surface area contributed by atoms with E-state index in [1.165, 1.54) is 12.1 Å². The van der Waals surface area contributed by atoms with Crippen LogP contribution in [0.4, 0.5) is 4.39 Å². The van der Waals surface area contributed by atoms with Crippen molar-refractivity contribution in [3.05, 3.63) is 71.2 Å². The van der Waals surface area contributed by atoms with E-state index in [2.05, 4.69) is 5.32 Å². The first-order valence-electron chi connectivity index (χ1n) is 11.1. The minimum Gasteiger partial charge on any atom is -0.459 e. The first-order valence-corrected chi connectivity index (χ1v) is 11.1. The Bertz CT molecular complexity index is 993. The van der Waals surface area contributed by atoms with Crippen LogP contribution in [0.5, 0.6) is 11.5 Å². The molecular formula is C25H28FNO6. The summed E-state index contributed by atoms with van der Waals surface area (Å²) in [7, 11) is 0. The van der Waals surface area contributed by atoms with Crippen LogP contribution in [0.2, 0.25) is 0 Å². The van der Waals surface area contributed by atoms with Crippen LogP contribution in [0.15, 0.2) is 54.3 Å². The van der Waals surface area contributed by atoms with Crippen molar-refractivity contribution < 1.29 is 33.2 Å². The molecule has 2 heterocycles. The largest absolute Gasteiger partial charge is 0.459 e. The summed E-state index contributed by atoms with van der Waals surface area (Å²) in [4.78, 5) is 13.0. The van der Waals surface area contributed by atoms with Crippen LogP contribution in [0.3, 0.4) is 0 Å². The maximum absolute atomic E-state index is 13.1. The zero-order valence-corrected chi connectivity index (χ0v) is 18.5. The molecule has 0 unspecified atom stereocenters. The van der Waals surface area contributed by atoms with Crippen molar-refractivity contribution in [2.75, 3.05) is 20.0 Å². The molecule has 2 aliphatic rings. The highest BCUT2D eigenvalue weighted by molar-refractivity contribution is 5.91. The number of halogens is 1. The Morgan fingerprint density at radius 2 is 1.97 bits per heavy atom. The summed E-state index contributed by atoms with van der Waals surface area (Å²) in [5, 5.41) is 12.2. The predicted octanol–water partition coefficient (Wildman–Crippen LogP) is 3.62. The van der Waals surface area contributed by atoms with Gasteiger partial charge >= 0.3 is 0 Å². The highest BCUT2D eigenvalue weighted by Crippen LogP contribution is 2.42. The Balaban J connectivity index is 1.59. The lowest BCUT2D eigenvalue weighted by Crippen LogP contribution is -2.39. The number of hydrogen-bond donors (Lipinski definition) is 2. The molecule has 8 heteroatoms. The molecule has 0 aromatic heterocycles. The molecule has 33 heavy (non-hydrogen) atoms.